The van der Waals surface area contributed by atoms with Gasteiger partial charge in [0.1, 0.15) is 0 Å². The van der Waals surface area contributed by atoms with Crippen LogP contribution in [0.5, 0.6) is 0 Å². The predicted octanol–water partition coefficient (Wildman–Crippen LogP) is 1.10. The molecule has 8 heavy (non-hydrogen) atoms. The van der Waals surface area contributed by atoms with Gasteiger partial charge < -0.3 is 10.1 Å². The molecule has 48 valence electrons. The Morgan fingerprint density at radius 2 is 1.88 bits per heavy atom. The molecule has 2 nitrogen and oxygen atoms in total. The van der Waals surface area contributed by atoms with E-state index >= 15 is 0 Å². The molecule has 0 saturated carbocycles. The van der Waals surface area contributed by atoms with Gasteiger partial charge in [-0.25, -0.2) is 0 Å². The molecular formula is C6H13NO. The van der Waals surface area contributed by atoms with Crippen molar-refractivity contribution in [2.75, 3.05) is 14.2 Å². The molecule has 0 amide bonds. The molecule has 1 N–H and O–H groups in total. The summed E-state index contributed by atoms with van der Waals surface area (Å²) in [4.78, 5) is 0. The number of nitrogens with one attached hydrogen (secondary N) is 1. The Hall–Kier alpha value is -0.660. The van der Waals surface area contributed by atoms with E-state index in [-0.39, 0.29) is 0 Å². The molecule has 0 unspecified atom stereocenters. The summed E-state index contributed by atoms with van der Waals surface area (Å²) in [5.74, 6) is 0.852. The maximum atomic E-state index is 4.93. The minimum Gasteiger partial charge on any atom is -0.483 e. The summed E-state index contributed by atoms with van der Waals surface area (Å²) in [6.45, 7) is 3.99. The molecule has 0 aliphatic carbocycles. The normalized spacial score (nSPS) is 8.00. The van der Waals surface area contributed by atoms with Gasteiger partial charge in [-0.15, -0.1) is 0 Å². The first-order chi connectivity index (χ1) is 3.72. The summed E-state index contributed by atoms with van der Waals surface area (Å²) < 4.78 is 4.93. The van der Waals surface area contributed by atoms with E-state index < -0.39 is 0 Å². The van der Waals surface area contributed by atoms with Crippen LogP contribution in [-0.2, 0) is 4.74 Å². The lowest BCUT2D eigenvalue weighted by Crippen LogP contribution is -2.08. The van der Waals surface area contributed by atoms with Crippen molar-refractivity contribution in [3.8, 4) is 0 Å². The van der Waals surface area contributed by atoms with Crippen molar-refractivity contribution in [3.05, 3.63) is 11.5 Å². The zero-order valence-corrected chi connectivity index (χ0v) is 5.91. The highest BCUT2D eigenvalue weighted by molar-refractivity contribution is 4.98. The maximum absolute atomic E-state index is 4.93. The van der Waals surface area contributed by atoms with Gasteiger partial charge in [0.2, 0.25) is 0 Å². The van der Waals surface area contributed by atoms with Crippen LogP contribution in [0.2, 0.25) is 0 Å². The molecule has 0 rings (SSSR count). The van der Waals surface area contributed by atoms with Gasteiger partial charge in [-0.2, -0.15) is 0 Å². The number of rotatable bonds is 2. The summed E-state index contributed by atoms with van der Waals surface area (Å²) in [7, 11) is 3.49. The first-order valence-electron chi connectivity index (χ1n) is 2.61. The number of hydrogen-bond donors (Lipinski definition) is 1. The molecule has 0 bridgehead atoms. The van der Waals surface area contributed by atoms with Gasteiger partial charge in [-0.1, -0.05) is 0 Å². The number of hydrogen-bond acceptors (Lipinski definition) is 2. The van der Waals surface area contributed by atoms with Gasteiger partial charge in [-0.3, -0.25) is 0 Å². The molecule has 0 aliphatic rings. The number of allylic oxidation sites excluding steroid dienone is 1. The lowest BCUT2D eigenvalue weighted by atomic mass is 10.4. The molecule has 0 spiro atoms. The second kappa shape index (κ2) is 3.36. The van der Waals surface area contributed by atoms with Crippen LogP contribution in [0.25, 0.3) is 0 Å². The molecule has 0 heterocycles. The molecule has 2 heteroatoms. The maximum Gasteiger partial charge on any atom is 0.184 e. The van der Waals surface area contributed by atoms with Crippen LogP contribution in [0.4, 0.5) is 0 Å². The van der Waals surface area contributed by atoms with Crippen LogP contribution in [0.15, 0.2) is 11.5 Å². The van der Waals surface area contributed by atoms with E-state index in [1.54, 1.807) is 7.11 Å². The van der Waals surface area contributed by atoms with Crippen molar-refractivity contribution >= 4 is 0 Å². The molecule has 0 saturated heterocycles. The van der Waals surface area contributed by atoms with Gasteiger partial charge in [0.05, 0.1) is 7.11 Å². The van der Waals surface area contributed by atoms with Crippen LogP contribution >= 0.6 is 0 Å². The van der Waals surface area contributed by atoms with E-state index in [1.165, 1.54) is 0 Å². The van der Waals surface area contributed by atoms with E-state index in [2.05, 4.69) is 5.32 Å². The molecule has 0 radical (unpaired) electrons. The van der Waals surface area contributed by atoms with Crippen molar-refractivity contribution in [3.63, 3.8) is 0 Å². The molecule has 0 aromatic heterocycles. The third kappa shape index (κ3) is 1.87. The average Bonchev–Trinajstić information content (AvgIpc) is 1.69. The van der Waals surface area contributed by atoms with Gasteiger partial charge in [0, 0.05) is 7.05 Å². The topological polar surface area (TPSA) is 21.3 Å². The Morgan fingerprint density at radius 1 is 1.38 bits per heavy atom. The second-order valence-corrected chi connectivity index (χ2v) is 1.78. The van der Waals surface area contributed by atoms with E-state index in [9.17, 15) is 0 Å². The first-order valence-corrected chi connectivity index (χ1v) is 2.61. The van der Waals surface area contributed by atoms with Gasteiger partial charge in [0.15, 0.2) is 5.88 Å². The van der Waals surface area contributed by atoms with E-state index in [1.807, 2.05) is 20.9 Å². The van der Waals surface area contributed by atoms with Gasteiger partial charge >= 0.3 is 0 Å². The Kier molecular flexibility index (Phi) is 3.08. The SMILES string of the molecule is CNC(OC)=C(C)C. The fourth-order valence-electron chi connectivity index (χ4n) is 0.556. The standard InChI is InChI=1S/C6H13NO/c1-5(2)6(7-3)8-4/h7H,1-4H3. The highest BCUT2D eigenvalue weighted by Crippen LogP contribution is 1.96. The van der Waals surface area contributed by atoms with Crippen molar-refractivity contribution < 1.29 is 4.74 Å². The zero-order chi connectivity index (χ0) is 6.57. The Bertz CT molecular complexity index is 86.7. The zero-order valence-electron chi connectivity index (χ0n) is 5.91. The lowest BCUT2D eigenvalue weighted by molar-refractivity contribution is 0.263. The quantitative estimate of drug-likeness (QED) is 0.544. The summed E-state index contributed by atoms with van der Waals surface area (Å²) >= 11 is 0. The molecule has 0 aromatic rings. The highest BCUT2D eigenvalue weighted by atomic mass is 16.5. The van der Waals surface area contributed by atoms with Crippen LogP contribution < -0.4 is 5.32 Å². The smallest absolute Gasteiger partial charge is 0.184 e. The van der Waals surface area contributed by atoms with E-state index in [4.69, 9.17) is 4.74 Å². The molecule has 0 atom stereocenters. The molecule has 0 aliphatic heterocycles. The molecule has 0 aromatic carbocycles. The van der Waals surface area contributed by atoms with Crippen LogP contribution in [0, 0.1) is 0 Å². The highest BCUT2D eigenvalue weighted by Gasteiger charge is 1.89. The monoisotopic (exact) mass is 115 g/mol. The minimum absolute atomic E-state index is 0.852. The summed E-state index contributed by atoms with van der Waals surface area (Å²) in [6, 6.07) is 0. The third-order valence-electron chi connectivity index (χ3n) is 0.885. The van der Waals surface area contributed by atoms with Crippen molar-refractivity contribution in [1.82, 2.24) is 5.32 Å². The minimum atomic E-state index is 0.852. The Balaban J connectivity index is 3.86. The Morgan fingerprint density at radius 3 is 1.88 bits per heavy atom. The van der Waals surface area contributed by atoms with Gasteiger partial charge in [-0.05, 0) is 19.4 Å². The van der Waals surface area contributed by atoms with Crippen molar-refractivity contribution in [2.45, 2.75) is 13.8 Å². The van der Waals surface area contributed by atoms with E-state index in [0.717, 1.165) is 11.5 Å². The summed E-state index contributed by atoms with van der Waals surface area (Å²) in [5, 5.41) is 2.91. The summed E-state index contributed by atoms with van der Waals surface area (Å²) in [5.41, 5.74) is 1.16. The largest absolute Gasteiger partial charge is 0.483 e. The summed E-state index contributed by atoms with van der Waals surface area (Å²) in [6.07, 6.45) is 0. The molecular weight excluding hydrogens is 102 g/mol. The van der Waals surface area contributed by atoms with Crippen molar-refractivity contribution in [2.24, 2.45) is 0 Å². The average molecular weight is 115 g/mol. The third-order valence-corrected chi connectivity index (χ3v) is 0.885. The fraction of sp³-hybridized carbons (Fsp3) is 0.667. The first kappa shape index (κ1) is 7.34. The number of ether oxygens (including phenoxy) is 1. The van der Waals surface area contributed by atoms with Crippen LogP contribution in [-0.4, -0.2) is 14.2 Å². The van der Waals surface area contributed by atoms with Crippen LogP contribution in [0.1, 0.15) is 13.8 Å². The molecule has 0 fully saturated rings. The van der Waals surface area contributed by atoms with Crippen molar-refractivity contribution in [1.29, 1.82) is 0 Å². The lowest BCUT2D eigenvalue weighted by Gasteiger charge is -2.05. The predicted molar refractivity (Wildman–Crippen MR) is 34.4 cm³/mol. The second-order valence-electron chi connectivity index (χ2n) is 1.78. The number of methoxy groups -OCH3 is 1. The fourth-order valence-corrected chi connectivity index (χ4v) is 0.556. The van der Waals surface area contributed by atoms with Crippen LogP contribution in [0.3, 0.4) is 0 Å². The van der Waals surface area contributed by atoms with E-state index in [0.29, 0.717) is 0 Å². The van der Waals surface area contributed by atoms with Gasteiger partial charge in [0.25, 0.3) is 0 Å². The Labute approximate surface area is 50.5 Å².